The molecule has 0 bridgehead atoms. The van der Waals surface area contributed by atoms with Crippen molar-refractivity contribution >= 4 is 11.5 Å². The van der Waals surface area contributed by atoms with Gasteiger partial charge in [0.15, 0.2) is 0 Å². The summed E-state index contributed by atoms with van der Waals surface area (Å²) in [4.78, 5) is 11.0. The second-order valence-electron chi connectivity index (χ2n) is 4.37. The fourth-order valence-corrected chi connectivity index (χ4v) is 2.27. The molecule has 0 aliphatic carbocycles. The van der Waals surface area contributed by atoms with Gasteiger partial charge in [-0.25, -0.2) is 9.97 Å². The molecule has 0 saturated carbocycles. The molecular formula is C12H15N5. The van der Waals surface area contributed by atoms with E-state index >= 15 is 0 Å². The number of aromatic nitrogens is 3. The molecule has 0 radical (unpaired) electrons. The second-order valence-corrected chi connectivity index (χ2v) is 4.37. The van der Waals surface area contributed by atoms with Crippen LogP contribution in [-0.4, -0.2) is 21.1 Å². The van der Waals surface area contributed by atoms with Crippen molar-refractivity contribution in [3.8, 4) is 0 Å². The Morgan fingerprint density at radius 2 is 2.18 bits per heavy atom. The van der Waals surface area contributed by atoms with E-state index in [9.17, 15) is 0 Å². The minimum atomic E-state index is 0.713. The van der Waals surface area contributed by atoms with Crippen LogP contribution in [0.4, 0.5) is 11.5 Å². The summed E-state index contributed by atoms with van der Waals surface area (Å²) in [7, 11) is 0. The molecule has 0 fully saturated rings. The lowest BCUT2D eigenvalue weighted by Crippen LogP contribution is -2.34. The lowest BCUT2D eigenvalue weighted by molar-refractivity contribution is 0.555. The molecule has 0 aromatic carbocycles. The van der Waals surface area contributed by atoms with Gasteiger partial charge in [0.25, 0.3) is 0 Å². The molecule has 0 saturated heterocycles. The third kappa shape index (κ3) is 1.73. The average molecular weight is 229 g/mol. The van der Waals surface area contributed by atoms with Gasteiger partial charge < -0.3 is 15.2 Å². The Balaban J connectivity index is 1.91. The van der Waals surface area contributed by atoms with Gasteiger partial charge in [0.2, 0.25) is 0 Å². The number of nitrogens with two attached hydrogens (primary N) is 1. The zero-order valence-electron chi connectivity index (χ0n) is 9.80. The Morgan fingerprint density at radius 1 is 1.29 bits per heavy atom. The molecule has 3 rings (SSSR count). The van der Waals surface area contributed by atoms with Crippen LogP contribution in [0.25, 0.3) is 0 Å². The van der Waals surface area contributed by atoms with Crippen LogP contribution in [0.15, 0.2) is 24.7 Å². The van der Waals surface area contributed by atoms with Crippen LogP contribution in [0.2, 0.25) is 0 Å². The number of nitrogen functional groups attached to an aromatic ring is 1. The third-order valence-electron chi connectivity index (χ3n) is 3.12. The average Bonchev–Trinajstić information content (AvgIpc) is 2.75. The standard InChI is InChI=1S/C12H15N5/c1-9-6-10(13)7-15-12(9)17-5-4-16-3-2-14-11(16)8-17/h2-3,6-7H,4-5,8,13H2,1H3. The molecule has 0 atom stereocenters. The Bertz CT molecular complexity index is 546. The van der Waals surface area contributed by atoms with Crippen molar-refractivity contribution in [3.05, 3.63) is 36.0 Å². The quantitative estimate of drug-likeness (QED) is 0.798. The monoisotopic (exact) mass is 229 g/mol. The van der Waals surface area contributed by atoms with Crippen molar-refractivity contribution in [3.63, 3.8) is 0 Å². The highest BCUT2D eigenvalue weighted by molar-refractivity contribution is 5.52. The fraction of sp³-hybridized carbons (Fsp3) is 0.333. The van der Waals surface area contributed by atoms with Crippen molar-refractivity contribution in [2.24, 2.45) is 0 Å². The van der Waals surface area contributed by atoms with Crippen LogP contribution in [-0.2, 0) is 13.1 Å². The van der Waals surface area contributed by atoms with E-state index in [1.165, 1.54) is 0 Å². The number of rotatable bonds is 1. The number of hydrogen-bond donors (Lipinski definition) is 1. The summed E-state index contributed by atoms with van der Waals surface area (Å²) in [5.74, 6) is 2.10. The van der Waals surface area contributed by atoms with Gasteiger partial charge in [-0.1, -0.05) is 0 Å². The summed E-state index contributed by atoms with van der Waals surface area (Å²) in [5.41, 5.74) is 7.55. The van der Waals surface area contributed by atoms with Gasteiger partial charge in [-0.3, -0.25) is 0 Å². The van der Waals surface area contributed by atoms with Gasteiger partial charge in [0.05, 0.1) is 18.4 Å². The number of anilines is 2. The zero-order valence-corrected chi connectivity index (χ0v) is 9.80. The molecule has 88 valence electrons. The van der Waals surface area contributed by atoms with E-state index in [-0.39, 0.29) is 0 Å². The Hall–Kier alpha value is -2.04. The van der Waals surface area contributed by atoms with E-state index in [1.807, 2.05) is 25.4 Å². The molecule has 1 aliphatic rings. The van der Waals surface area contributed by atoms with Crippen LogP contribution in [0, 0.1) is 6.92 Å². The van der Waals surface area contributed by atoms with Crippen LogP contribution in [0.5, 0.6) is 0 Å². The maximum atomic E-state index is 5.72. The van der Waals surface area contributed by atoms with Gasteiger partial charge in [-0.05, 0) is 18.6 Å². The summed E-state index contributed by atoms with van der Waals surface area (Å²) in [6, 6.07) is 1.96. The van der Waals surface area contributed by atoms with Crippen molar-refractivity contribution in [2.75, 3.05) is 17.2 Å². The SMILES string of the molecule is Cc1cc(N)cnc1N1CCn2ccnc2C1. The van der Waals surface area contributed by atoms with Crippen LogP contribution in [0.1, 0.15) is 11.4 Å². The van der Waals surface area contributed by atoms with Crippen molar-refractivity contribution < 1.29 is 0 Å². The lowest BCUT2D eigenvalue weighted by atomic mass is 10.2. The molecule has 1 aliphatic heterocycles. The highest BCUT2D eigenvalue weighted by Gasteiger charge is 2.18. The third-order valence-corrected chi connectivity index (χ3v) is 3.12. The van der Waals surface area contributed by atoms with E-state index in [4.69, 9.17) is 5.73 Å². The molecule has 0 unspecified atom stereocenters. The molecule has 5 heteroatoms. The number of fused-ring (bicyclic) bond motifs is 1. The van der Waals surface area contributed by atoms with Gasteiger partial charge in [-0.15, -0.1) is 0 Å². The first-order valence-corrected chi connectivity index (χ1v) is 5.71. The molecule has 2 aromatic rings. The largest absolute Gasteiger partial charge is 0.397 e. The normalized spacial score (nSPS) is 14.8. The smallest absolute Gasteiger partial charge is 0.132 e. The van der Waals surface area contributed by atoms with Gasteiger partial charge >= 0.3 is 0 Å². The molecule has 0 amide bonds. The van der Waals surface area contributed by atoms with Crippen LogP contribution < -0.4 is 10.6 Å². The lowest BCUT2D eigenvalue weighted by Gasteiger charge is -2.29. The van der Waals surface area contributed by atoms with Gasteiger partial charge in [-0.2, -0.15) is 0 Å². The molecule has 5 nitrogen and oxygen atoms in total. The molecule has 17 heavy (non-hydrogen) atoms. The maximum Gasteiger partial charge on any atom is 0.132 e. The fourth-order valence-electron chi connectivity index (χ4n) is 2.27. The van der Waals surface area contributed by atoms with Crippen LogP contribution >= 0.6 is 0 Å². The number of pyridine rings is 1. The van der Waals surface area contributed by atoms with E-state index in [2.05, 4.69) is 19.4 Å². The summed E-state index contributed by atoms with van der Waals surface area (Å²) in [5, 5.41) is 0. The molecule has 2 N–H and O–H groups in total. The topological polar surface area (TPSA) is 60.0 Å². The molecule has 3 heterocycles. The first-order chi connectivity index (χ1) is 8.24. The Morgan fingerprint density at radius 3 is 3.00 bits per heavy atom. The zero-order chi connectivity index (χ0) is 11.8. The predicted molar refractivity (Wildman–Crippen MR) is 66.7 cm³/mol. The molecular weight excluding hydrogens is 214 g/mol. The van der Waals surface area contributed by atoms with Crippen molar-refractivity contribution in [1.29, 1.82) is 0 Å². The second kappa shape index (κ2) is 3.76. The minimum Gasteiger partial charge on any atom is -0.397 e. The predicted octanol–water partition coefficient (Wildman–Crippen LogP) is 1.19. The summed E-state index contributed by atoms with van der Waals surface area (Å²) in [6.45, 7) is 4.77. The van der Waals surface area contributed by atoms with E-state index in [0.29, 0.717) is 5.69 Å². The number of aryl methyl sites for hydroxylation is 1. The van der Waals surface area contributed by atoms with Crippen LogP contribution in [0.3, 0.4) is 0 Å². The maximum absolute atomic E-state index is 5.72. The van der Waals surface area contributed by atoms with Gasteiger partial charge in [0.1, 0.15) is 11.6 Å². The minimum absolute atomic E-state index is 0.713. The van der Waals surface area contributed by atoms with Crippen molar-refractivity contribution in [1.82, 2.24) is 14.5 Å². The molecule has 2 aromatic heterocycles. The first kappa shape index (κ1) is 10.1. The molecule has 0 spiro atoms. The highest BCUT2D eigenvalue weighted by Crippen LogP contribution is 2.22. The number of hydrogen-bond acceptors (Lipinski definition) is 4. The number of imidazole rings is 1. The summed E-state index contributed by atoms with van der Waals surface area (Å²) >= 11 is 0. The van der Waals surface area contributed by atoms with Crippen molar-refractivity contribution in [2.45, 2.75) is 20.0 Å². The van der Waals surface area contributed by atoms with Gasteiger partial charge in [0, 0.05) is 25.5 Å². The summed E-state index contributed by atoms with van der Waals surface area (Å²) < 4.78 is 2.18. The highest BCUT2D eigenvalue weighted by atomic mass is 15.3. The van der Waals surface area contributed by atoms with E-state index in [0.717, 1.165) is 36.8 Å². The van der Waals surface area contributed by atoms with E-state index in [1.54, 1.807) is 6.20 Å². The Labute approximate surface area is 99.9 Å². The Kier molecular flexibility index (Phi) is 2.24. The summed E-state index contributed by atoms with van der Waals surface area (Å²) in [6.07, 6.45) is 5.58. The van der Waals surface area contributed by atoms with E-state index < -0.39 is 0 Å². The first-order valence-electron chi connectivity index (χ1n) is 5.71. The number of nitrogens with zero attached hydrogens (tertiary/aromatic N) is 4.